The molecule has 0 saturated heterocycles. The van der Waals surface area contributed by atoms with Gasteiger partial charge in [0.25, 0.3) is 11.8 Å². The van der Waals surface area contributed by atoms with Gasteiger partial charge in [0, 0.05) is 12.4 Å². The molecule has 2 amide bonds. The van der Waals surface area contributed by atoms with Crippen LogP contribution in [0, 0.1) is 0 Å². The van der Waals surface area contributed by atoms with Crippen LogP contribution in [0.4, 0.5) is 0 Å². The summed E-state index contributed by atoms with van der Waals surface area (Å²) in [5.41, 5.74) is 0. The van der Waals surface area contributed by atoms with Crippen LogP contribution >= 0.6 is 0 Å². The van der Waals surface area contributed by atoms with Crippen LogP contribution in [0.1, 0.15) is 26.9 Å². The van der Waals surface area contributed by atoms with Gasteiger partial charge in [0.15, 0.2) is 12.4 Å². The summed E-state index contributed by atoms with van der Waals surface area (Å²) in [6.45, 7) is -0.265. The van der Waals surface area contributed by atoms with Gasteiger partial charge in [-0.1, -0.05) is 0 Å². The first-order valence-electron chi connectivity index (χ1n) is 7.23. The number of amides is 2. The fraction of sp³-hybridized carbons (Fsp3) is 0.125. The van der Waals surface area contributed by atoms with E-state index in [9.17, 15) is 14.4 Å². The molecule has 0 bridgehead atoms. The van der Waals surface area contributed by atoms with E-state index in [1.807, 2.05) is 5.32 Å². The van der Waals surface area contributed by atoms with Crippen LogP contribution in [-0.2, 0) is 16.1 Å². The molecular formula is C16H13N3O6. The number of ether oxygens (including phenoxy) is 1. The number of rotatable bonds is 6. The maximum Gasteiger partial charge on any atom is 0.374 e. The quantitative estimate of drug-likeness (QED) is 0.669. The van der Waals surface area contributed by atoms with Gasteiger partial charge in [0.1, 0.15) is 5.76 Å². The van der Waals surface area contributed by atoms with E-state index in [1.54, 1.807) is 29.2 Å². The first-order chi connectivity index (χ1) is 12.1. The number of carbonyl (C=O) groups is 3. The molecule has 0 aliphatic carbocycles. The molecule has 0 aliphatic rings. The van der Waals surface area contributed by atoms with Crippen LogP contribution in [-0.4, -0.2) is 34.2 Å². The summed E-state index contributed by atoms with van der Waals surface area (Å²) in [7, 11) is 0. The molecule has 9 nitrogen and oxygen atoms in total. The molecule has 0 atom stereocenters. The Bertz CT molecular complexity index is 864. The van der Waals surface area contributed by atoms with E-state index in [-0.39, 0.29) is 11.5 Å². The van der Waals surface area contributed by atoms with Gasteiger partial charge in [-0.2, -0.15) is 5.10 Å². The Kier molecular flexibility index (Phi) is 4.74. The normalized spacial score (nSPS) is 10.4. The van der Waals surface area contributed by atoms with E-state index in [0.29, 0.717) is 12.3 Å². The van der Waals surface area contributed by atoms with Crippen molar-refractivity contribution in [3.63, 3.8) is 0 Å². The zero-order valence-corrected chi connectivity index (χ0v) is 12.9. The summed E-state index contributed by atoms with van der Waals surface area (Å²) in [6.07, 6.45) is 4.68. The van der Waals surface area contributed by atoms with Gasteiger partial charge >= 0.3 is 5.97 Å². The Labute approximate surface area is 141 Å². The highest BCUT2D eigenvalue weighted by molar-refractivity contribution is 6.03. The van der Waals surface area contributed by atoms with E-state index < -0.39 is 24.4 Å². The van der Waals surface area contributed by atoms with Crippen LogP contribution in [0.15, 0.2) is 57.8 Å². The molecule has 0 spiro atoms. The van der Waals surface area contributed by atoms with Crippen LogP contribution < -0.4 is 5.32 Å². The molecule has 128 valence electrons. The summed E-state index contributed by atoms with van der Waals surface area (Å²) in [5, 5.41) is 6.05. The average Bonchev–Trinajstić information content (AvgIpc) is 3.34. The summed E-state index contributed by atoms with van der Waals surface area (Å²) < 4.78 is 16.6. The number of hydrogen-bond acceptors (Lipinski definition) is 7. The lowest BCUT2D eigenvalue weighted by Crippen LogP contribution is -2.33. The fourth-order valence-electron chi connectivity index (χ4n) is 1.96. The van der Waals surface area contributed by atoms with Crippen molar-refractivity contribution in [1.82, 2.24) is 15.1 Å². The van der Waals surface area contributed by atoms with E-state index in [0.717, 1.165) is 0 Å². The minimum absolute atomic E-state index is 0.0195. The fourth-order valence-corrected chi connectivity index (χ4v) is 1.96. The van der Waals surface area contributed by atoms with Crippen molar-refractivity contribution in [3.8, 4) is 0 Å². The number of carbonyl (C=O) groups excluding carboxylic acids is 3. The SMILES string of the molecule is O=C(COC(=O)c1ccc(Cn2cccn2)o1)NC(=O)c1ccco1. The Morgan fingerprint density at radius 3 is 2.76 bits per heavy atom. The average molecular weight is 343 g/mol. The van der Waals surface area contributed by atoms with Crippen LogP contribution in [0.3, 0.4) is 0 Å². The van der Waals surface area contributed by atoms with Gasteiger partial charge in [0.05, 0.1) is 12.8 Å². The number of nitrogens with one attached hydrogen (secondary N) is 1. The monoisotopic (exact) mass is 343 g/mol. The Balaban J connectivity index is 1.48. The number of imide groups is 1. The number of furan rings is 2. The molecule has 0 saturated carbocycles. The molecule has 0 fully saturated rings. The van der Waals surface area contributed by atoms with Crippen molar-refractivity contribution >= 4 is 17.8 Å². The molecule has 0 aromatic carbocycles. The highest BCUT2D eigenvalue weighted by Crippen LogP contribution is 2.10. The maximum atomic E-state index is 11.9. The van der Waals surface area contributed by atoms with Crippen LogP contribution in [0.5, 0.6) is 0 Å². The van der Waals surface area contributed by atoms with Crippen molar-refractivity contribution in [2.45, 2.75) is 6.54 Å². The molecule has 0 aliphatic heterocycles. The number of aromatic nitrogens is 2. The second-order valence-corrected chi connectivity index (χ2v) is 4.90. The second kappa shape index (κ2) is 7.30. The molecule has 3 rings (SSSR count). The molecule has 9 heteroatoms. The molecule has 3 heterocycles. The van der Waals surface area contributed by atoms with Crippen molar-refractivity contribution < 1.29 is 28.0 Å². The Morgan fingerprint density at radius 1 is 1.16 bits per heavy atom. The van der Waals surface area contributed by atoms with E-state index >= 15 is 0 Å². The van der Waals surface area contributed by atoms with E-state index in [1.165, 1.54) is 24.5 Å². The summed E-state index contributed by atoms with van der Waals surface area (Å²) in [6, 6.07) is 7.72. The van der Waals surface area contributed by atoms with Crippen molar-refractivity contribution in [1.29, 1.82) is 0 Å². The molecule has 3 aromatic rings. The topological polar surface area (TPSA) is 117 Å². The standard InChI is InChI=1S/C16H13N3O6/c20-14(18-15(21)12-3-1-8-23-12)10-24-16(22)13-5-4-11(25-13)9-19-7-2-6-17-19/h1-8H,9-10H2,(H,18,20,21). The predicted molar refractivity (Wildman–Crippen MR) is 81.5 cm³/mol. The number of hydrogen-bond donors (Lipinski definition) is 1. The molecule has 25 heavy (non-hydrogen) atoms. The Hall–Kier alpha value is -3.62. The summed E-state index contributed by atoms with van der Waals surface area (Å²) in [4.78, 5) is 35.1. The van der Waals surface area contributed by atoms with Gasteiger partial charge in [-0.3, -0.25) is 19.6 Å². The zero-order valence-electron chi connectivity index (χ0n) is 12.9. The maximum absolute atomic E-state index is 11.9. The summed E-state index contributed by atoms with van der Waals surface area (Å²) in [5.74, 6) is -1.87. The lowest BCUT2D eigenvalue weighted by molar-refractivity contribution is -0.123. The van der Waals surface area contributed by atoms with Crippen molar-refractivity contribution in [2.24, 2.45) is 0 Å². The molecule has 0 unspecified atom stereocenters. The van der Waals surface area contributed by atoms with Gasteiger partial charge < -0.3 is 13.6 Å². The minimum atomic E-state index is -0.813. The highest BCUT2D eigenvalue weighted by Gasteiger charge is 2.17. The summed E-state index contributed by atoms with van der Waals surface area (Å²) >= 11 is 0. The first kappa shape index (κ1) is 16.2. The smallest absolute Gasteiger partial charge is 0.374 e. The first-order valence-corrected chi connectivity index (χ1v) is 7.23. The molecular weight excluding hydrogens is 330 g/mol. The van der Waals surface area contributed by atoms with Gasteiger partial charge in [-0.25, -0.2) is 4.79 Å². The van der Waals surface area contributed by atoms with Crippen LogP contribution in [0.25, 0.3) is 0 Å². The van der Waals surface area contributed by atoms with Crippen molar-refractivity contribution in [2.75, 3.05) is 6.61 Å². The third-order valence-electron chi connectivity index (χ3n) is 3.07. The third kappa shape index (κ3) is 4.22. The predicted octanol–water partition coefficient (Wildman–Crippen LogP) is 1.23. The van der Waals surface area contributed by atoms with Gasteiger partial charge in [-0.05, 0) is 30.3 Å². The molecule has 1 N–H and O–H groups in total. The Morgan fingerprint density at radius 2 is 2.04 bits per heavy atom. The lowest BCUT2D eigenvalue weighted by Gasteiger charge is -2.03. The largest absolute Gasteiger partial charge is 0.459 e. The minimum Gasteiger partial charge on any atom is -0.459 e. The number of esters is 1. The number of nitrogens with zero attached hydrogens (tertiary/aromatic N) is 2. The third-order valence-corrected chi connectivity index (χ3v) is 3.07. The van der Waals surface area contributed by atoms with Gasteiger partial charge in [-0.15, -0.1) is 0 Å². The van der Waals surface area contributed by atoms with Crippen molar-refractivity contribution in [3.05, 3.63) is 66.3 Å². The second-order valence-electron chi connectivity index (χ2n) is 4.90. The lowest BCUT2D eigenvalue weighted by atomic mass is 10.4. The molecule has 3 aromatic heterocycles. The van der Waals surface area contributed by atoms with Crippen LogP contribution in [0.2, 0.25) is 0 Å². The molecule has 0 radical (unpaired) electrons. The van der Waals surface area contributed by atoms with E-state index in [2.05, 4.69) is 5.10 Å². The van der Waals surface area contributed by atoms with E-state index in [4.69, 9.17) is 13.6 Å². The zero-order chi connectivity index (χ0) is 17.6. The van der Waals surface area contributed by atoms with Gasteiger partial charge in [0.2, 0.25) is 5.76 Å². The highest BCUT2D eigenvalue weighted by atomic mass is 16.5.